The van der Waals surface area contributed by atoms with Crippen LogP contribution in [-0.4, -0.2) is 17.4 Å². The highest BCUT2D eigenvalue weighted by Gasteiger charge is 2.27. The predicted molar refractivity (Wildman–Crippen MR) is 81.6 cm³/mol. The first kappa shape index (κ1) is 15.8. The Hall–Kier alpha value is -1.62. The fourth-order valence-corrected chi connectivity index (χ4v) is 2.98. The van der Waals surface area contributed by atoms with Crippen LogP contribution in [0.2, 0.25) is 5.02 Å². The summed E-state index contributed by atoms with van der Waals surface area (Å²) in [7, 11) is 0. The smallest absolute Gasteiger partial charge is 0.270 e. The first-order valence-corrected chi connectivity index (χ1v) is 7.51. The largest absolute Gasteiger partial charge is 0.351 e. The minimum atomic E-state index is -0.532. The summed E-state index contributed by atoms with van der Waals surface area (Å²) < 4.78 is 0. The van der Waals surface area contributed by atoms with E-state index >= 15 is 0 Å². The van der Waals surface area contributed by atoms with E-state index in [0.29, 0.717) is 6.54 Å². The number of non-ortho nitro benzene ring substituents is 1. The number of amides is 1. The normalized spacial score (nSPS) is 17.2. The Labute approximate surface area is 128 Å². The Bertz CT molecular complexity index is 554. The molecule has 1 aromatic rings. The van der Waals surface area contributed by atoms with E-state index in [1.807, 2.05) is 0 Å². The van der Waals surface area contributed by atoms with Gasteiger partial charge in [-0.2, -0.15) is 0 Å². The van der Waals surface area contributed by atoms with Crippen molar-refractivity contribution in [1.82, 2.24) is 5.32 Å². The number of nitro benzene ring substituents is 1. The molecule has 0 aliphatic heterocycles. The molecule has 1 aliphatic carbocycles. The summed E-state index contributed by atoms with van der Waals surface area (Å²) in [6.45, 7) is 2.74. The standard InChI is InChI=1S/C15H19ClN2O3/c1-15(7-3-2-4-8-15)10-17-14(19)12-9-11(18(20)21)5-6-13(12)16/h5-6,9H,2-4,7-8,10H2,1H3,(H,17,19). The van der Waals surface area contributed by atoms with Crippen molar-refractivity contribution >= 4 is 23.2 Å². The minimum Gasteiger partial charge on any atom is -0.351 e. The first-order chi connectivity index (χ1) is 9.91. The molecule has 0 radical (unpaired) electrons. The van der Waals surface area contributed by atoms with Crippen LogP contribution in [0.1, 0.15) is 49.4 Å². The molecule has 0 spiro atoms. The van der Waals surface area contributed by atoms with Gasteiger partial charge in [-0.1, -0.05) is 37.8 Å². The summed E-state index contributed by atoms with van der Waals surface area (Å²) in [5, 5.41) is 13.9. The molecule has 1 saturated carbocycles. The van der Waals surface area contributed by atoms with Crippen molar-refractivity contribution in [2.45, 2.75) is 39.0 Å². The van der Waals surface area contributed by atoms with Gasteiger partial charge in [0.25, 0.3) is 11.6 Å². The van der Waals surface area contributed by atoms with E-state index in [-0.39, 0.29) is 27.6 Å². The number of nitrogens with zero attached hydrogens (tertiary/aromatic N) is 1. The van der Waals surface area contributed by atoms with E-state index in [0.717, 1.165) is 12.8 Å². The number of halogens is 1. The highest BCUT2D eigenvalue weighted by atomic mass is 35.5. The van der Waals surface area contributed by atoms with Gasteiger partial charge >= 0.3 is 0 Å². The van der Waals surface area contributed by atoms with E-state index in [9.17, 15) is 14.9 Å². The zero-order chi connectivity index (χ0) is 15.5. The highest BCUT2D eigenvalue weighted by Crippen LogP contribution is 2.35. The third-order valence-electron chi connectivity index (χ3n) is 4.14. The topological polar surface area (TPSA) is 72.2 Å². The quantitative estimate of drug-likeness (QED) is 0.676. The molecule has 5 nitrogen and oxygen atoms in total. The Balaban J connectivity index is 2.06. The average Bonchev–Trinajstić information content (AvgIpc) is 2.46. The third kappa shape index (κ3) is 3.94. The lowest BCUT2D eigenvalue weighted by molar-refractivity contribution is -0.384. The maximum atomic E-state index is 12.2. The van der Waals surface area contributed by atoms with Crippen LogP contribution in [0.3, 0.4) is 0 Å². The SMILES string of the molecule is CC1(CNC(=O)c2cc([N+](=O)[O-])ccc2Cl)CCCCC1. The summed E-state index contributed by atoms with van der Waals surface area (Å²) in [6, 6.07) is 3.90. The number of benzene rings is 1. The molecule has 0 bridgehead atoms. The van der Waals surface area contributed by atoms with Crippen LogP contribution in [0.25, 0.3) is 0 Å². The molecule has 21 heavy (non-hydrogen) atoms. The van der Waals surface area contributed by atoms with Gasteiger partial charge in [0.1, 0.15) is 0 Å². The molecule has 0 atom stereocenters. The van der Waals surface area contributed by atoms with Crippen LogP contribution >= 0.6 is 11.6 Å². The van der Waals surface area contributed by atoms with E-state index < -0.39 is 4.92 Å². The molecular formula is C15H19ClN2O3. The summed E-state index contributed by atoms with van der Waals surface area (Å²) >= 11 is 5.97. The second kappa shape index (κ2) is 6.43. The number of hydrogen-bond acceptors (Lipinski definition) is 3. The van der Waals surface area contributed by atoms with Gasteiger partial charge in [0.15, 0.2) is 0 Å². The molecule has 0 saturated heterocycles. The minimum absolute atomic E-state index is 0.112. The summed E-state index contributed by atoms with van der Waals surface area (Å²) in [5.74, 6) is -0.351. The predicted octanol–water partition coefficient (Wildman–Crippen LogP) is 3.95. The van der Waals surface area contributed by atoms with Crippen molar-refractivity contribution in [3.8, 4) is 0 Å². The number of carbonyl (C=O) groups excluding carboxylic acids is 1. The number of nitro groups is 1. The van der Waals surface area contributed by atoms with Gasteiger partial charge in [-0.3, -0.25) is 14.9 Å². The van der Waals surface area contributed by atoms with Crippen LogP contribution in [0.4, 0.5) is 5.69 Å². The van der Waals surface area contributed by atoms with Crippen molar-refractivity contribution in [3.05, 3.63) is 38.9 Å². The summed E-state index contributed by atoms with van der Waals surface area (Å²) in [4.78, 5) is 22.4. The summed E-state index contributed by atoms with van der Waals surface area (Å²) in [6.07, 6.45) is 5.81. The fourth-order valence-electron chi connectivity index (χ4n) is 2.77. The molecule has 1 fully saturated rings. The molecule has 2 rings (SSSR count). The van der Waals surface area contributed by atoms with Crippen molar-refractivity contribution in [1.29, 1.82) is 0 Å². The number of nitrogens with one attached hydrogen (secondary N) is 1. The molecule has 6 heteroatoms. The first-order valence-electron chi connectivity index (χ1n) is 7.13. The van der Waals surface area contributed by atoms with E-state index in [1.54, 1.807) is 0 Å². The Morgan fingerprint density at radius 1 is 1.38 bits per heavy atom. The fraction of sp³-hybridized carbons (Fsp3) is 0.533. The van der Waals surface area contributed by atoms with Crippen molar-refractivity contribution < 1.29 is 9.72 Å². The number of carbonyl (C=O) groups is 1. The molecule has 1 aromatic carbocycles. The van der Waals surface area contributed by atoms with Gasteiger partial charge in [-0.25, -0.2) is 0 Å². The molecule has 0 unspecified atom stereocenters. The lowest BCUT2D eigenvalue weighted by Crippen LogP contribution is -2.37. The van der Waals surface area contributed by atoms with Crippen LogP contribution in [-0.2, 0) is 0 Å². The van der Waals surface area contributed by atoms with Gasteiger partial charge in [0.05, 0.1) is 15.5 Å². The molecule has 1 N–H and O–H groups in total. The lowest BCUT2D eigenvalue weighted by Gasteiger charge is -2.33. The zero-order valence-corrected chi connectivity index (χ0v) is 12.8. The van der Waals surface area contributed by atoms with E-state index in [4.69, 9.17) is 11.6 Å². The van der Waals surface area contributed by atoms with Crippen molar-refractivity contribution in [2.24, 2.45) is 5.41 Å². The lowest BCUT2D eigenvalue weighted by atomic mass is 9.76. The van der Waals surface area contributed by atoms with E-state index in [1.165, 1.54) is 37.5 Å². The van der Waals surface area contributed by atoms with Crippen LogP contribution in [0, 0.1) is 15.5 Å². The third-order valence-corrected chi connectivity index (χ3v) is 4.47. The highest BCUT2D eigenvalue weighted by molar-refractivity contribution is 6.33. The zero-order valence-electron chi connectivity index (χ0n) is 12.0. The molecule has 1 aliphatic rings. The second-order valence-corrected chi connectivity index (χ2v) is 6.38. The molecular weight excluding hydrogens is 292 g/mol. The van der Waals surface area contributed by atoms with Gasteiger partial charge < -0.3 is 5.32 Å². The maximum Gasteiger partial charge on any atom is 0.270 e. The molecule has 0 aromatic heterocycles. The van der Waals surface area contributed by atoms with Crippen LogP contribution in [0.5, 0.6) is 0 Å². The summed E-state index contributed by atoms with van der Waals surface area (Å²) in [5.41, 5.74) is 0.139. The van der Waals surface area contributed by atoms with Crippen molar-refractivity contribution in [3.63, 3.8) is 0 Å². The molecule has 114 valence electrons. The average molecular weight is 311 g/mol. The maximum absolute atomic E-state index is 12.2. The molecule has 1 amide bonds. The van der Waals surface area contributed by atoms with Crippen LogP contribution < -0.4 is 5.32 Å². The van der Waals surface area contributed by atoms with Gasteiger partial charge in [-0.15, -0.1) is 0 Å². The Morgan fingerprint density at radius 2 is 2.05 bits per heavy atom. The van der Waals surface area contributed by atoms with Gasteiger partial charge in [0.2, 0.25) is 0 Å². The number of rotatable bonds is 4. The van der Waals surface area contributed by atoms with Crippen molar-refractivity contribution in [2.75, 3.05) is 6.54 Å². The Kier molecular flexibility index (Phi) is 4.83. The second-order valence-electron chi connectivity index (χ2n) is 5.98. The number of hydrogen-bond donors (Lipinski definition) is 1. The monoisotopic (exact) mass is 310 g/mol. The molecule has 0 heterocycles. The van der Waals surface area contributed by atoms with Gasteiger partial charge in [0, 0.05) is 18.7 Å². The Morgan fingerprint density at radius 3 is 2.67 bits per heavy atom. The van der Waals surface area contributed by atoms with Crippen LogP contribution in [0.15, 0.2) is 18.2 Å². The van der Waals surface area contributed by atoms with Gasteiger partial charge in [-0.05, 0) is 24.3 Å². The van der Waals surface area contributed by atoms with E-state index in [2.05, 4.69) is 12.2 Å².